The van der Waals surface area contributed by atoms with Crippen molar-refractivity contribution >= 4 is 23.4 Å². The van der Waals surface area contributed by atoms with Crippen LogP contribution in [0.1, 0.15) is 19.4 Å². The van der Waals surface area contributed by atoms with Crippen molar-refractivity contribution in [1.82, 2.24) is 0 Å². The van der Waals surface area contributed by atoms with Gasteiger partial charge in [-0.15, -0.1) is 0 Å². The fourth-order valence-corrected chi connectivity index (χ4v) is 1.31. The molecular formula is C14H20S. The second kappa shape index (κ2) is 8.37. The summed E-state index contributed by atoms with van der Waals surface area (Å²) in [5, 5.41) is 2.64. The molecule has 2 rings (SSSR count). The Morgan fingerprint density at radius 2 is 1.33 bits per heavy atom. The van der Waals surface area contributed by atoms with E-state index in [0.717, 1.165) is 0 Å². The Bertz CT molecular complexity index is 380. The third-order valence-corrected chi connectivity index (χ3v) is 1.90. The van der Waals surface area contributed by atoms with Gasteiger partial charge < -0.3 is 0 Å². The predicted molar refractivity (Wildman–Crippen MR) is 74.9 cm³/mol. The van der Waals surface area contributed by atoms with Crippen LogP contribution >= 0.6 is 12.6 Å². The molecule has 2 aromatic rings. The molecule has 0 saturated heterocycles. The van der Waals surface area contributed by atoms with E-state index in [9.17, 15) is 0 Å². The Hall–Kier alpha value is -0.950. The minimum absolute atomic E-state index is 1.32. The largest absolute Gasteiger partial charge is 0.183 e. The van der Waals surface area contributed by atoms with Gasteiger partial charge in [0.05, 0.1) is 0 Å². The zero-order chi connectivity index (χ0) is 11.7. The average molecular weight is 220 g/mol. The Morgan fingerprint density at radius 3 is 1.93 bits per heavy atom. The van der Waals surface area contributed by atoms with Crippen LogP contribution in [0.2, 0.25) is 0 Å². The first-order valence-electron chi connectivity index (χ1n) is 5.26. The van der Waals surface area contributed by atoms with Crippen LogP contribution in [-0.4, -0.2) is 6.26 Å². The molecular weight excluding hydrogens is 200 g/mol. The SMILES string of the molecule is CC.CS.Cc1ccc2ccccc2c1. The molecule has 0 aromatic heterocycles. The van der Waals surface area contributed by atoms with Gasteiger partial charge in [0.15, 0.2) is 0 Å². The minimum Gasteiger partial charge on any atom is -0.183 e. The Morgan fingerprint density at radius 1 is 0.800 bits per heavy atom. The number of hydrogen-bond donors (Lipinski definition) is 1. The predicted octanol–water partition coefficient (Wildman–Crippen LogP) is 4.72. The molecule has 0 aliphatic heterocycles. The first-order chi connectivity index (χ1) is 7.36. The molecule has 0 saturated carbocycles. The Kier molecular flexibility index (Phi) is 7.84. The molecule has 1 heteroatoms. The first-order valence-corrected chi connectivity index (χ1v) is 6.16. The number of rotatable bonds is 0. The summed E-state index contributed by atoms with van der Waals surface area (Å²) in [6, 6.07) is 14.9. The van der Waals surface area contributed by atoms with Gasteiger partial charge in [0.25, 0.3) is 0 Å². The zero-order valence-corrected chi connectivity index (χ0v) is 10.9. The van der Waals surface area contributed by atoms with Crippen molar-refractivity contribution in [3.05, 3.63) is 48.0 Å². The standard InChI is InChI=1S/C11H10.C2H6.CH4S/c1-9-6-7-10-4-2-3-5-11(10)8-9;2*1-2/h2-8H,1H3;1-2H3;2H,1H3. The molecule has 0 unspecified atom stereocenters. The summed E-state index contributed by atoms with van der Waals surface area (Å²) in [7, 11) is 0. The van der Waals surface area contributed by atoms with E-state index in [1.807, 2.05) is 13.8 Å². The second-order valence-electron chi connectivity index (χ2n) is 2.85. The molecule has 0 radical (unpaired) electrons. The molecule has 82 valence electrons. The lowest BCUT2D eigenvalue weighted by molar-refractivity contribution is 1.50. The van der Waals surface area contributed by atoms with E-state index in [2.05, 4.69) is 62.0 Å². The maximum absolute atomic E-state index is 3.53. The number of aryl methyl sites for hydroxylation is 1. The molecule has 0 heterocycles. The fraction of sp³-hybridized carbons (Fsp3) is 0.286. The highest BCUT2D eigenvalue weighted by Gasteiger charge is 1.89. The summed E-state index contributed by atoms with van der Waals surface area (Å²) in [6.07, 6.45) is 1.69. The smallest absolute Gasteiger partial charge is 0.0181 e. The van der Waals surface area contributed by atoms with Gasteiger partial charge in [-0.1, -0.05) is 61.9 Å². The number of thiol groups is 1. The van der Waals surface area contributed by atoms with E-state index >= 15 is 0 Å². The van der Waals surface area contributed by atoms with E-state index in [4.69, 9.17) is 0 Å². The van der Waals surface area contributed by atoms with Crippen LogP contribution in [0.25, 0.3) is 10.8 Å². The maximum Gasteiger partial charge on any atom is -0.0181 e. The highest BCUT2D eigenvalue weighted by atomic mass is 32.1. The molecule has 0 bridgehead atoms. The van der Waals surface area contributed by atoms with E-state index in [1.54, 1.807) is 6.26 Å². The van der Waals surface area contributed by atoms with Gasteiger partial charge >= 0.3 is 0 Å². The summed E-state index contributed by atoms with van der Waals surface area (Å²) >= 11 is 3.53. The Labute approximate surface area is 98.7 Å². The lowest BCUT2D eigenvalue weighted by Crippen LogP contribution is -1.73. The van der Waals surface area contributed by atoms with Crippen LogP contribution in [0, 0.1) is 6.92 Å². The number of hydrogen-bond acceptors (Lipinski definition) is 1. The molecule has 0 aliphatic rings. The molecule has 0 fully saturated rings. The van der Waals surface area contributed by atoms with Crippen LogP contribution in [0.15, 0.2) is 42.5 Å². The van der Waals surface area contributed by atoms with Gasteiger partial charge in [0, 0.05) is 0 Å². The first kappa shape index (κ1) is 14.1. The quantitative estimate of drug-likeness (QED) is 0.610. The summed E-state index contributed by atoms with van der Waals surface area (Å²) in [5.41, 5.74) is 1.32. The van der Waals surface area contributed by atoms with Crippen LogP contribution < -0.4 is 0 Å². The highest BCUT2D eigenvalue weighted by Crippen LogP contribution is 2.14. The molecule has 0 amide bonds. The van der Waals surface area contributed by atoms with Crippen LogP contribution in [0.4, 0.5) is 0 Å². The van der Waals surface area contributed by atoms with Crippen LogP contribution in [0.5, 0.6) is 0 Å². The van der Waals surface area contributed by atoms with Crippen molar-refractivity contribution in [2.75, 3.05) is 6.26 Å². The highest BCUT2D eigenvalue weighted by molar-refractivity contribution is 7.79. The maximum atomic E-state index is 3.53. The van der Waals surface area contributed by atoms with Gasteiger partial charge in [-0.2, -0.15) is 12.6 Å². The molecule has 0 nitrogen and oxygen atoms in total. The lowest BCUT2D eigenvalue weighted by atomic mass is 10.1. The van der Waals surface area contributed by atoms with Crippen molar-refractivity contribution in [3.63, 3.8) is 0 Å². The molecule has 0 spiro atoms. The molecule has 0 N–H and O–H groups in total. The topological polar surface area (TPSA) is 0 Å². The number of benzene rings is 2. The Balaban J connectivity index is 0.000000442. The fourth-order valence-electron chi connectivity index (χ4n) is 1.31. The molecule has 0 atom stereocenters. The van der Waals surface area contributed by atoms with Gasteiger partial charge in [-0.3, -0.25) is 0 Å². The van der Waals surface area contributed by atoms with Gasteiger partial charge in [-0.05, 0) is 24.0 Å². The van der Waals surface area contributed by atoms with Gasteiger partial charge in [-0.25, -0.2) is 0 Å². The van der Waals surface area contributed by atoms with E-state index in [1.165, 1.54) is 16.3 Å². The third kappa shape index (κ3) is 4.39. The van der Waals surface area contributed by atoms with E-state index in [-0.39, 0.29) is 0 Å². The van der Waals surface area contributed by atoms with Gasteiger partial charge in [0.1, 0.15) is 0 Å². The van der Waals surface area contributed by atoms with Crippen molar-refractivity contribution < 1.29 is 0 Å². The summed E-state index contributed by atoms with van der Waals surface area (Å²) in [6.45, 7) is 6.12. The van der Waals surface area contributed by atoms with Crippen molar-refractivity contribution in [2.24, 2.45) is 0 Å². The van der Waals surface area contributed by atoms with Crippen LogP contribution in [0.3, 0.4) is 0 Å². The van der Waals surface area contributed by atoms with E-state index < -0.39 is 0 Å². The minimum atomic E-state index is 1.32. The van der Waals surface area contributed by atoms with E-state index in [0.29, 0.717) is 0 Å². The monoisotopic (exact) mass is 220 g/mol. The summed E-state index contributed by atoms with van der Waals surface area (Å²) < 4.78 is 0. The second-order valence-corrected chi connectivity index (χ2v) is 2.85. The van der Waals surface area contributed by atoms with Crippen molar-refractivity contribution in [1.29, 1.82) is 0 Å². The third-order valence-electron chi connectivity index (χ3n) is 1.90. The molecule has 15 heavy (non-hydrogen) atoms. The summed E-state index contributed by atoms with van der Waals surface area (Å²) in [5.74, 6) is 0. The zero-order valence-electron chi connectivity index (χ0n) is 9.99. The van der Waals surface area contributed by atoms with Crippen molar-refractivity contribution in [3.8, 4) is 0 Å². The normalized spacial score (nSPS) is 8.33. The van der Waals surface area contributed by atoms with Gasteiger partial charge in [0.2, 0.25) is 0 Å². The lowest BCUT2D eigenvalue weighted by Gasteiger charge is -1.96. The summed E-state index contributed by atoms with van der Waals surface area (Å²) in [4.78, 5) is 0. The average Bonchev–Trinajstić information content (AvgIpc) is 2.34. The van der Waals surface area contributed by atoms with Crippen molar-refractivity contribution in [2.45, 2.75) is 20.8 Å². The molecule has 2 aromatic carbocycles. The van der Waals surface area contributed by atoms with Crippen LogP contribution in [-0.2, 0) is 0 Å². The number of fused-ring (bicyclic) bond motifs is 1. The molecule has 0 aliphatic carbocycles.